The van der Waals surface area contributed by atoms with Gasteiger partial charge in [0.2, 0.25) is 0 Å². The van der Waals surface area contributed by atoms with Gasteiger partial charge in [-0.05, 0) is 18.6 Å². The number of benzene rings is 1. The highest BCUT2D eigenvalue weighted by Crippen LogP contribution is 2.33. The number of carbonyl (C=O) groups is 1. The van der Waals surface area contributed by atoms with E-state index < -0.39 is 54.3 Å². The van der Waals surface area contributed by atoms with Gasteiger partial charge in [0.1, 0.15) is 5.82 Å². The second-order valence-corrected chi connectivity index (χ2v) is 4.06. The molecular formula is C12H9F7O. The van der Waals surface area contributed by atoms with Crippen LogP contribution in [-0.4, -0.2) is 12.0 Å². The molecule has 0 radical (unpaired) electrons. The summed E-state index contributed by atoms with van der Waals surface area (Å²) in [4.78, 5) is 11.5. The quantitative estimate of drug-likeness (QED) is 0.579. The zero-order valence-corrected chi connectivity index (χ0v) is 9.91. The molecule has 0 N–H and O–H groups in total. The molecule has 1 aromatic carbocycles. The maximum Gasteiger partial charge on any atom is 0.419 e. The van der Waals surface area contributed by atoms with Crippen LogP contribution in [0.4, 0.5) is 30.7 Å². The Morgan fingerprint density at radius 2 is 1.65 bits per heavy atom. The molecule has 0 aliphatic carbocycles. The first-order valence-electron chi connectivity index (χ1n) is 5.48. The number of hydrogen-bond donors (Lipinski definition) is 0. The lowest BCUT2D eigenvalue weighted by Crippen LogP contribution is -2.13. The standard InChI is InChI=1S/C12H9F7O/c13-10-7(3-1-4-8(10)12(17,18)19)9(20)5-2-6-11(14,15)16/h1,3-4H,2,5-6H2. The fourth-order valence-electron chi connectivity index (χ4n) is 1.55. The van der Waals surface area contributed by atoms with Crippen molar-refractivity contribution in [2.24, 2.45) is 0 Å². The van der Waals surface area contributed by atoms with Gasteiger partial charge in [0.05, 0.1) is 11.1 Å². The number of hydrogen-bond acceptors (Lipinski definition) is 1. The summed E-state index contributed by atoms with van der Waals surface area (Å²) >= 11 is 0. The van der Waals surface area contributed by atoms with Crippen LogP contribution < -0.4 is 0 Å². The van der Waals surface area contributed by atoms with Gasteiger partial charge in [0, 0.05) is 12.8 Å². The maximum atomic E-state index is 13.5. The number of rotatable bonds is 4. The highest BCUT2D eigenvalue weighted by atomic mass is 19.4. The van der Waals surface area contributed by atoms with Crippen molar-refractivity contribution >= 4 is 5.78 Å². The van der Waals surface area contributed by atoms with E-state index in [2.05, 4.69) is 0 Å². The monoisotopic (exact) mass is 302 g/mol. The molecule has 1 nitrogen and oxygen atoms in total. The van der Waals surface area contributed by atoms with E-state index in [9.17, 15) is 35.5 Å². The molecule has 0 fully saturated rings. The minimum Gasteiger partial charge on any atom is -0.294 e. The Hall–Kier alpha value is -1.60. The number of carbonyl (C=O) groups excluding carboxylic acids is 1. The number of alkyl halides is 6. The molecule has 0 saturated carbocycles. The number of ketones is 1. The molecule has 8 heteroatoms. The van der Waals surface area contributed by atoms with Crippen LogP contribution in [0.1, 0.15) is 35.2 Å². The fraction of sp³-hybridized carbons (Fsp3) is 0.417. The van der Waals surface area contributed by atoms with Crippen LogP contribution >= 0.6 is 0 Å². The van der Waals surface area contributed by atoms with E-state index in [-0.39, 0.29) is 0 Å². The van der Waals surface area contributed by atoms with Gasteiger partial charge in [-0.15, -0.1) is 0 Å². The first-order valence-corrected chi connectivity index (χ1v) is 5.48. The summed E-state index contributed by atoms with van der Waals surface area (Å²) in [7, 11) is 0. The predicted molar refractivity (Wildman–Crippen MR) is 55.6 cm³/mol. The van der Waals surface area contributed by atoms with Crippen LogP contribution in [0.2, 0.25) is 0 Å². The van der Waals surface area contributed by atoms with Gasteiger partial charge < -0.3 is 0 Å². The summed E-state index contributed by atoms with van der Waals surface area (Å²) < 4.78 is 86.3. The Bertz CT molecular complexity index is 488. The molecule has 0 heterocycles. The van der Waals surface area contributed by atoms with Gasteiger partial charge in [0.25, 0.3) is 0 Å². The topological polar surface area (TPSA) is 17.1 Å². The van der Waals surface area contributed by atoms with E-state index in [1.165, 1.54) is 0 Å². The zero-order valence-electron chi connectivity index (χ0n) is 9.91. The van der Waals surface area contributed by atoms with Crippen LogP contribution in [0.5, 0.6) is 0 Å². The van der Waals surface area contributed by atoms with Gasteiger partial charge in [-0.25, -0.2) is 4.39 Å². The third kappa shape index (κ3) is 4.50. The first kappa shape index (κ1) is 16.5. The highest BCUT2D eigenvalue weighted by molar-refractivity contribution is 5.96. The van der Waals surface area contributed by atoms with E-state index in [0.29, 0.717) is 6.07 Å². The SMILES string of the molecule is O=C(CCCC(F)(F)F)c1cccc(C(F)(F)F)c1F. The molecule has 20 heavy (non-hydrogen) atoms. The molecule has 0 aliphatic heterocycles. The smallest absolute Gasteiger partial charge is 0.294 e. The lowest BCUT2D eigenvalue weighted by atomic mass is 10.0. The van der Waals surface area contributed by atoms with Gasteiger partial charge in [0.15, 0.2) is 5.78 Å². The predicted octanol–water partition coefficient (Wildman–Crippen LogP) is 4.76. The van der Waals surface area contributed by atoms with E-state index in [4.69, 9.17) is 0 Å². The Kier molecular flexibility index (Phi) is 4.77. The summed E-state index contributed by atoms with van der Waals surface area (Å²) in [6.45, 7) is 0. The molecule has 0 amide bonds. The fourth-order valence-corrected chi connectivity index (χ4v) is 1.55. The van der Waals surface area contributed by atoms with Crippen molar-refractivity contribution in [2.75, 3.05) is 0 Å². The van der Waals surface area contributed by atoms with Crippen molar-refractivity contribution in [1.82, 2.24) is 0 Å². The van der Waals surface area contributed by atoms with Gasteiger partial charge in [-0.2, -0.15) is 26.3 Å². The van der Waals surface area contributed by atoms with E-state index in [0.717, 1.165) is 12.1 Å². The summed E-state index contributed by atoms with van der Waals surface area (Å²) in [6.07, 6.45) is -12.0. The minimum absolute atomic E-state index is 0.460. The third-order valence-electron chi connectivity index (χ3n) is 2.47. The molecule has 0 aromatic heterocycles. The molecular weight excluding hydrogens is 293 g/mol. The number of Topliss-reactive ketones (excluding diaryl/α,β-unsaturated/α-hetero) is 1. The molecule has 0 spiro atoms. The third-order valence-corrected chi connectivity index (χ3v) is 2.47. The van der Waals surface area contributed by atoms with Crippen molar-refractivity contribution in [3.63, 3.8) is 0 Å². The van der Waals surface area contributed by atoms with Crippen molar-refractivity contribution in [2.45, 2.75) is 31.6 Å². The molecule has 0 aliphatic rings. The molecule has 1 rings (SSSR count). The summed E-state index contributed by atoms with van der Waals surface area (Å²) in [6, 6.07) is 2.12. The molecule has 0 unspecified atom stereocenters. The highest BCUT2D eigenvalue weighted by Gasteiger charge is 2.35. The average molecular weight is 302 g/mol. The first-order chi connectivity index (χ1) is 9.02. The average Bonchev–Trinajstić information content (AvgIpc) is 2.25. The molecule has 0 atom stereocenters. The van der Waals surface area contributed by atoms with Crippen LogP contribution in [0.3, 0.4) is 0 Å². The van der Waals surface area contributed by atoms with E-state index in [1.807, 2.05) is 0 Å². The zero-order chi connectivity index (χ0) is 15.6. The molecule has 0 saturated heterocycles. The van der Waals surface area contributed by atoms with E-state index >= 15 is 0 Å². The van der Waals surface area contributed by atoms with Crippen LogP contribution in [-0.2, 0) is 6.18 Å². The summed E-state index contributed by atoms with van der Waals surface area (Å²) in [5.41, 5.74) is -2.46. The Balaban J connectivity index is 2.84. The largest absolute Gasteiger partial charge is 0.419 e. The summed E-state index contributed by atoms with van der Waals surface area (Å²) in [5.74, 6) is -2.84. The van der Waals surface area contributed by atoms with Gasteiger partial charge >= 0.3 is 12.4 Å². The Morgan fingerprint density at radius 1 is 1.05 bits per heavy atom. The minimum atomic E-state index is -4.97. The molecule has 112 valence electrons. The molecule has 1 aromatic rings. The Labute approximate surface area is 109 Å². The van der Waals surface area contributed by atoms with Gasteiger partial charge in [-0.3, -0.25) is 4.79 Å². The van der Waals surface area contributed by atoms with Crippen molar-refractivity contribution in [1.29, 1.82) is 0 Å². The second kappa shape index (κ2) is 5.80. The lowest BCUT2D eigenvalue weighted by Gasteiger charge is -2.11. The van der Waals surface area contributed by atoms with Crippen molar-refractivity contribution in [3.05, 3.63) is 35.1 Å². The van der Waals surface area contributed by atoms with Crippen molar-refractivity contribution in [3.8, 4) is 0 Å². The van der Waals surface area contributed by atoms with Crippen LogP contribution in [0.15, 0.2) is 18.2 Å². The van der Waals surface area contributed by atoms with Crippen LogP contribution in [0.25, 0.3) is 0 Å². The maximum absolute atomic E-state index is 13.5. The lowest BCUT2D eigenvalue weighted by molar-refractivity contribution is -0.140. The molecule has 0 bridgehead atoms. The summed E-state index contributed by atoms with van der Waals surface area (Å²) in [5, 5.41) is 0. The normalized spacial score (nSPS) is 12.6. The van der Waals surface area contributed by atoms with Gasteiger partial charge in [-0.1, -0.05) is 6.07 Å². The van der Waals surface area contributed by atoms with Crippen LogP contribution in [0, 0.1) is 5.82 Å². The van der Waals surface area contributed by atoms with E-state index in [1.54, 1.807) is 0 Å². The van der Waals surface area contributed by atoms with Crippen molar-refractivity contribution < 1.29 is 35.5 Å². The number of halogens is 7. The second-order valence-electron chi connectivity index (χ2n) is 4.06. The Morgan fingerprint density at radius 3 is 2.15 bits per heavy atom.